The molecule has 0 radical (unpaired) electrons. The van der Waals surface area contributed by atoms with Gasteiger partial charge in [-0.3, -0.25) is 0 Å². The van der Waals surface area contributed by atoms with Gasteiger partial charge in [0.15, 0.2) is 0 Å². The van der Waals surface area contributed by atoms with Crippen molar-refractivity contribution in [1.82, 2.24) is 5.32 Å². The number of hydrogen-bond acceptors (Lipinski definition) is 1. The quantitative estimate of drug-likeness (QED) is 0.658. The van der Waals surface area contributed by atoms with E-state index >= 15 is 0 Å². The average Bonchev–Trinajstić information content (AvgIpc) is 2.39. The van der Waals surface area contributed by atoms with Gasteiger partial charge in [-0.25, -0.2) is 0 Å². The number of hydrogen-bond donors (Lipinski definition) is 1. The molecular weight excluding hydrogens is 134 g/mol. The van der Waals surface area contributed by atoms with E-state index in [9.17, 15) is 0 Å². The van der Waals surface area contributed by atoms with Crippen LogP contribution >= 0.6 is 0 Å². The van der Waals surface area contributed by atoms with E-state index in [0.717, 1.165) is 6.04 Å². The van der Waals surface area contributed by atoms with Crippen molar-refractivity contribution in [3.8, 4) is 0 Å². The predicted molar refractivity (Wildman–Crippen MR) is 49.7 cm³/mol. The summed E-state index contributed by atoms with van der Waals surface area (Å²) in [6, 6.07) is 1.51. The molecule has 1 N–H and O–H groups in total. The zero-order valence-corrected chi connectivity index (χ0v) is 8.28. The molecule has 0 aromatic rings. The second-order valence-electron chi connectivity index (χ2n) is 4.60. The van der Waals surface area contributed by atoms with E-state index in [4.69, 9.17) is 0 Å². The Balaban J connectivity index is 2.13. The summed E-state index contributed by atoms with van der Waals surface area (Å²) in [5.41, 5.74) is 0.585. The fourth-order valence-corrected chi connectivity index (χ4v) is 1.61. The summed E-state index contributed by atoms with van der Waals surface area (Å²) in [7, 11) is 0. The van der Waals surface area contributed by atoms with Gasteiger partial charge in [-0.1, -0.05) is 27.2 Å². The second-order valence-corrected chi connectivity index (χ2v) is 4.60. The zero-order valence-electron chi connectivity index (χ0n) is 8.28. The predicted octanol–water partition coefficient (Wildman–Crippen LogP) is 2.56. The first kappa shape index (κ1) is 9.05. The molecule has 0 aromatic carbocycles. The highest BCUT2D eigenvalue weighted by Crippen LogP contribution is 2.44. The van der Waals surface area contributed by atoms with Crippen LogP contribution in [0.25, 0.3) is 0 Å². The molecular formula is C10H21N. The van der Waals surface area contributed by atoms with Crippen LogP contribution in [0, 0.1) is 5.41 Å². The molecule has 1 nitrogen and oxygen atoms in total. The summed E-state index contributed by atoms with van der Waals surface area (Å²) >= 11 is 0. The van der Waals surface area contributed by atoms with E-state index in [0.29, 0.717) is 11.5 Å². The van der Waals surface area contributed by atoms with Gasteiger partial charge < -0.3 is 5.32 Å². The van der Waals surface area contributed by atoms with Crippen molar-refractivity contribution >= 4 is 0 Å². The van der Waals surface area contributed by atoms with E-state index in [-0.39, 0.29) is 0 Å². The number of rotatable bonds is 4. The van der Waals surface area contributed by atoms with Crippen molar-refractivity contribution in [2.24, 2.45) is 5.41 Å². The molecule has 1 heteroatoms. The first-order chi connectivity index (χ1) is 5.06. The Kier molecular flexibility index (Phi) is 2.58. The summed E-state index contributed by atoms with van der Waals surface area (Å²) in [6.07, 6.45) is 3.97. The molecule has 0 saturated heterocycles. The third-order valence-corrected chi connectivity index (χ3v) is 2.72. The van der Waals surface area contributed by atoms with Crippen molar-refractivity contribution in [3.63, 3.8) is 0 Å². The molecule has 1 aliphatic carbocycles. The summed E-state index contributed by atoms with van der Waals surface area (Å²) in [4.78, 5) is 0. The molecule has 0 aliphatic heterocycles. The highest BCUT2D eigenvalue weighted by molar-refractivity contribution is 5.02. The zero-order chi connectivity index (χ0) is 8.48. The van der Waals surface area contributed by atoms with Gasteiger partial charge in [0, 0.05) is 12.1 Å². The van der Waals surface area contributed by atoms with Gasteiger partial charge in [0.05, 0.1) is 0 Å². The first-order valence-corrected chi connectivity index (χ1v) is 4.82. The van der Waals surface area contributed by atoms with E-state index in [1.165, 1.54) is 19.3 Å². The third-order valence-electron chi connectivity index (χ3n) is 2.72. The molecule has 66 valence electrons. The molecule has 0 amide bonds. The van der Waals surface area contributed by atoms with Crippen LogP contribution in [0.2, 0.25) is 0 Å². The molecule has 1 rings (SSSR count). The normalized spacial score (nSPS) is 30.0. The van der Waals surface area contributed by atoms with E-state index < -0.39 is 0 Å². The van der Waals surface area contributed by atoms with Gasteiger partial charge in [-0.2, -0.15) is 0 Å². The van der Waals surface area contributed by atoms with Gasteiger partial charge in [0.1, 0.15) is 0 Å². The van der Waals surface area contributed by atoms with Crippen molar-refractivity contribution < 1.29 is 0 Å². The van der Waals surface area contributed by atoms with Crippen LogP contribution in [-0.2, 0) is 0 Å². The molecule has 0 heterocycles. The molecule has 1 saturated carbocycles. The van der Waals surface area contributed by atoms with E-state index in [1.54, 1.807) is 0 Å². The van der Waals surface area contributed by atoms with Crippen LogP contribution in [0.3, 0.4) is 0 Å². The first-order valence-electron chi connectivity index (χ1n) is 4.82. The summed E-state index contributed by atoms with van der Waals surface area (Å²) in [5.74, 6) is 0. The molecule has 2 unspecified atom stereocenters. The van der Waals surface area contributed by atoms with Gasteiger partial charge in [-0.05, 0) is 25.2 Å². The van der Waals surface area contributed by atoms with Gasteiger partial charge in [-0.15, -0.1) is 0 Å². The maximum atomic E-state index is 3.64. The second kappa shape index (κ2) is 3.14. The summed E-state index contributed by atoms with van der Waals surface area (Å²) in [5, 5.41) is 3.64. The van der Waals surface area contributed by atoms with Gasteiger partial charge >= 0.3 is 0 Å². The standard InChI is InChI=1S/C10H21N/c1-5-6-8(2)11-9-7-10(9,3)4/h8-9,11H,5-7H2,1-4H3. The van der Waals surface area contributed by atoms with E-state index in [2.05, 4.69) is 33.0 Å². The van der Waals surface area contributed by atoms with Crippen LogP contribution < -0.4 is 5.32 Å². The average molecular weight is 155 g/mol. The Morgan fingerprint density at radius 2 is 2.09 bits per heavy atom. The Morgan fingerprint density at radius 3 is 2.45 bits per heavy atom. The molecule has 0 bridgehead atoms. The molecule has 0 aromatic heterocycles. The maximum absolute atomic E-state index is 3.64. The van der Waals surface area contributed by atoms with Gasteiger partial charge in [0.2, 0.25) is 0 Å². The van der Waals surface area contributed by atoms with Gasteiger partial charge in [0.25, 0.3) is 0 Å². The number of nitrogens with one attached hydrogen (secondary N) is 1. The van der Waals surface area contributed by atoms with Crippen LogP contribution in [-0.4, -0.2) is 12.1 Å². The van der Waals surface area contributed by atoms with Crippen molar-refractivity contribution in [1.29, 1.82) is 0 Å². The molecule has 2 atom stereocenters. The van der Waals surface area contributed by atoms with Crippen molar-refractivity contribution in [3.05, 3.63) is 0 Å². The maximum Gasteiger partial charge on any atom is 0.0127 e. The minimum absolute atomic E-state index is 0.585. The Hall–Kier alpha value is -0.0400. The Bertz CT molecular complexity index is 129. The molecule has 1 fully saturated rings. The Morgan fingerprint density at radius 1 is 1.55 bits per heavy atom. The molecule has 0 spiro atoms. The fourth-order valence-electron chi connectivity index (χ4n) is 1.61. The lowest BCUT2D eigenvalue weighted by Gasteiger charge is -2.13. The monoisotopic (exact) mass is 155 g/mol. The fraction of sp³-hybridized carbons (Fsp3) is 1.00. The van der Waals surface area contributed by atoms with Crippen LogP contribution in [0.4, 0.5) is 0 Å². The SMILES string of the molecule is CCCC(C)NC1CC1(C)C. The highest BCUT2D eigenvalue weighted by atomic mass is 15.0. The Labute approximate surface area is 70.6 Å². The lowest BCUT2D eigenvalue weighted by Crippen LogP contribution is -2.30. The lowest BCUT2D eigenvalue weighted by atomic mass is 10.1. The topological polar surface area (TPSA) is 12.0 Å². The third kappa shape index (κ3) is 2.48. The molecule has 1 aliphatic rings. The highest BCUT2D eigenvalue weighted by Gasteiger charge is 2.45. The lowest BCUT2D eigenvalue weighted by molar-refractivity contribution is 0.458. The van der Waals surface area contributed by atoms with Crippen LogP contribution in [0.1, 0.15) is 47.0 Å². The summed E-state index contributed by atoms with van der Waals surface area (Å²) < 4.78 is 0. The van der Waals surface area contributed by atoms with E-state index in [1.807, 2.05) is 0 Å². The van der Waals surface area contributed by atoms with Crippen LogP contribution in [0.5, 0.6) is 0 Å². The van der Waals surface area contributed by atoms with Crippen LogP contribution in [0.15, 0.2) is 0 Å². The van der Waals surface area contributed by atoms with Crippen molar-refractivity contribution in [2.75, 3.05) is 0 Å². The smallest absolute Gasteiger partial charge is 0.0127 e. The van der Waals surface area contributed by atoms with Crippen molar-refractivity contribution in [2.45, 2.75) is 59.0 Å². The molecule has 11 heavy (non-hydrogen) atoms. The minimum Gasteiger partial charge on any atom is -0.311 e. The largest absolute Gasteiger partial charge is 0.311 e. The minimum atomic E-state index is 0.585. The summed E-state index contributed by atoms with van der Waals surface area (Å²) in [6.45, 7) is 9.21.